The van der Waals surface area contributed by atoms with Crippen molar-refractivity contribution in [1.29, 1.82) is 0 Å². The van der Waals surface area contributed by atoms with Crippen LogP contribution in [0.25, 0.3) is 0 Å². The van der Waals surface area contributed by atoms with Gasteiger partial charge in [0.1, 0.15) is 5.75 Å². The third-order valence-electron chi connectivity index (χ3n) is 5.58. The van der Waals surface area contributed by atoms with Gasteiger partial charge in [-0.3, -0.25) is 14.9 Å². The molecule has 3 aromatic rings. The van der Waals surface area contributed by atoms with E-state index in [1.807, 2.05) is 36.4 Å². The summed E-state index contributed by atoms with van der Waals surface area (Å²) in [6.45, 7) is 3.22. The lowest BCUT2D eigenvalue weighted by Gasteiger charge is -2.15. The fourth-order valence-electron chi connectivity index (χ4n) is 3.67. The Morgan fingerprint density at radius 3 is 2.28 bits per heavy atom. The van der Waals surface area contributed by atoms with E-state index < -0.39 is 0 Å². The number of nitrogens with one attached hydrogen (secondary N) is 3. The number of carbonyl (C=O) groups excluding carboxylic acids is 2. The Labute approximate surface area is 218 Å². The number of thiocarbonyl (C=S) groups is 1. The predicted octanol–water partition coefficient (Wildman–Crippen LogP) is 5.75. The van der Waals surface area contributed by atoms with Gasteiger partial charge in [-0.05, 0) is 54.9 Å². The van der Waals surface area contributed by atoms with E-state index in [9.17, 15) is 9.59 Å². The van der Waals surface area contributed by atoms with E-state index in [-0.39, 0.29) is 16.9 Å². The van der Waals surface area contributed by atoms with Crippen LogP contribution in [0.5, 0.6) is 5.75 Å². The van der Waals surface area contributed by atoms with Gasteiger partial charge in [0.05, 0.1) is 23.4 Å². The van der Waals surface area contributed by atoms with Gasteiger partial charge in [-0.15, -0.1) is 0 Å². The molecule has 0 saturated carbocycles. The first-order chi connectivity index (χ1) is 17.6. The third-order valence-corrected chi connectivity index (χ3v) is 5.78. The summed E-state index contributed by atoms with van der Waals surface area (Å²) in [5.41, 5.74) is 2.51. The van der Waals surface area contributed by atoms with E-state index >= 15 is 0 Å². The zero-order chi connectivity index (χ0) is 25.6. The normalized spacial score (nSPS) is 10.4. The van der Waals surface area contributed by atoms with Gasteiger partial charge in [-0.1, -0.05) is 80.8 Å². The van der Waals surface area contributed by atoms with Crippen LogP contribution >= 0.6 is 12.2 Å². The molecule has 36 heavy (non-hydrogen) atoms. The number of ether oxygens (including phenoxy) is 1. The van der Waals surface area contributed by atoms with Crippen LogP contribution in [-0.4, -0.2) is 30.1 Å². The second-order valence-electron chi connectivity index (χ2n) is 8.35. The van der Waals surface area contributed by atoms with Crippen LogP contribution in [0.1, 0.15) is 58.9 Å². The Bertz CT molecular complexity index is 1150. The molecule has 0 aliphatic carbocycles. The van der Waals surface area contributed by atoms with E-state index in [2.05, 4.69) is 22.9 Å². The van der Waals surface area contributed by atoms with Gasteiger partial charge in [-0.25, -0.2) is 0 Å². The zero-order valence-corrected chi connectivity index (χ0v) is 21.4. The van der Waals surface area contributed by atoms with Crippen molar-refractivity contribution in [2.24, 2.45) is 0 Å². The number of benzene rings is 3. The maximum Gasteiger partial charge on any atom is 0.261 e. The van der Waals surface area contributed by atoms with Gasteiger partial charge in [0.2, 0.25) is 0 Å². The Balaban J connectivity index is 1.56. The summed E-state index contributed by atoms with van der Waals surface area (Å²) < 4.78 is 5.85. The standard InChI is InChI=1S/C29H33N3O3S/c1-2-3-4-12-21-35-26-18-11-9-16-24(26)28(34)32-29(36)31-25-17-10-8-15-23(25)27(33)30-20-19-22-13-6-5-7-14-22/h5-11,13-18H,2-4,12,19-21H2,1H3,(H,30,33)(H2,31,32,34,36). The van der Waals surface area contributed by atoms with Crippen molar-refractivity contribution in [2.45, 2.75) is 39.0 Å². The number of para-hydroxylation sites is 2. The Morgan fingerprint density at radius 1 is 0.806 bits per heavy atom. The highest BCUT2D eigenvalue weighted by Gasteiger charge is 2.16. The predicted molar refractivity (Wildman–Crippen MR) is 149 cm³/mol. The molecule has 0 aromatic heterocycles. The van der Waals surface area contributed by atoms with Crippen LogP contribution in [0.2, 0.25) is 0 Å². The van der Waals surface area contributed by atoms with Gasteiger partial charge >= 0.3 is 0 Å². The molecule has 7 heteroatoms. The quantitative estimate of drug-likeness (QED) is 0.217. The molecule has 0 heterocycles. The van der Waals surface area contributed by atoms with E-state index in [0.717, 1.165) is 37.7 Å². The molecule has 3 N–H and O–H groups in total. The Hall–Kier alpha value is -3.71. The lowest BCUT2D eigenvalue weighted by atomic mass is 10.1. The fraction of sp³-hybridized carbons (Fsp3) is 0.276. The first-order valence-corrected chi connectivity index (χ1v) is 12.7. The number of anilines is 1. The van der Waals surface area contributed by atoms with Gasteiger partial charge in [0, 0.05) is 6.54 Å². The van der Waals surface area contributed by atoms with E-state index in [4.69, 9.17) is 17.0 Å². The summed E-state index contributed by atoms with van der Waals surface area (Å²) in [6.07, 6.45) is 5.09. The van der Waals surface area contributed by atoms with Crippen molar-refractivity contribution >= 4 is 34.8 Å². The molecule has 0 bridgehead atoms. The van der Waals surface area contributed by atoms with Gasteiger partial charge in [0.25, 0.3) is 11.8 Å². The monoisotopic (exact) mass is 503 g/mol. The molecule has 0 radical (unpaired) electrons. The van der Waals surface area contributed by atoms with Crippen molar-refractivity contribution in [3.05, 3.63) is 95.6 Å². The van der Waals surface area contributed by atoms with Crippen LogP contribution < -0.4 is 20.7 Å². The lowest BCUT2D eigenvalue weighted by Crippen LogP contribution is -2.35. The molecule has 0 aliphatic rings. The summed E-state index contributed by atoms with van der Waals surface area (Å²) in [5, 5.41) is 8.72. The number of hydrogen-bond donors (Lipinski definition) is 3. The minimum Gasteiger partial charge on any atom is -0.493 e. The van der Waals surface area contributed by atoms with Crippen molar-refractivity contribution in [2.75, 3.05) is 18.5 Å². The molecule has 0 unspecified atom stereocenters. The summed E-state index contributed by atoms with van der Waals surface area (Å²) in [7, 11) is 0. The second-order valence-corrected chi connectivity index (χ2v) is 8.76. The smallest absolute Gasteiger partial charge is 0.261 e. The highest BCUT2D eigenvalue weighted by molar-refractivity contribution is 7.80. The van der Waals surface area contributed by atoms with Crippen LogP contribution in [-0.2, 0) is 6.42 Å². The third kappa shape index (κ3) is 8.50. The number of amides is 2. The average molecular weight is 504 g/mol. The summed E-state index contributed by atoms with van der Waals surface area (Å²) in [5.74, 6) is -0.0704. The topological polar surface area (TPSA) is 79.5 Å². The Kier molecular flexibility index (Phi) is 10.9. The molecule has 6 nitrogen and oxygen atoms in total. The van der Waals surface area contributed by atoms with Crippen LogP contribution in [0, 0.1) is 0 Å². The largest absolute Gasteiger partial charge is 0.493 e. The maximum absolute atomic E-state index is 12.9. The van der Waals surface area contributed by atoms with Gasteiger partial charge < -0.3 is 15.4 Å². The van der Waals surface area contributed by atoms with Crippen molar-refractivity contribution in [3.8, 4) is 5.75 Å². The average Bonchev–Trinajstić information content (AvgIpc) is 2.89. The molecule has 3 rings (SSSR count). The van der Waals surface area contributed by atoms with E-state index in [1.54, 1.807) is 42.5 Å². The van der Waals surface area contributed by atoms with Crippen molar-refractivity contribution < 1.29 is 14.3 Å². The molecule has 0 aliphatic heterocycles. The number of hydrogen-bond acceptors (Lipinski definition) is 4. The van der Waals surface area contributed by atoms with Crippen LogP contribution in [0.3, 0.4) is 0 Å². The molecule has 0 fully saturated rings. The number of carbonyl (C=O) groups is 2. The zero-order valence-electron chi connectivity index (χ0n) is 20.6. The first-order valence-electron chi connectivity index (χ1n) is 12.3. The van der Waals surface area contributed by atoms with Gasteiger partial charge in [0.15, 0.2) is 5.11 Å². The summed E-state index contributed by atoms with van der Waals surface area (Å²) in [6, 6.07) is 24.1. The molecule has 0 atom stereocenters. The van der Waals surface area contributed by atoms with E-state index in [1.165, 1.54) is 0 Å². The summed E-state index contributed by atoms with van der Waals surface area (Å²) >= 11 is 5.37. The van der Waals surface area contributed by atoms with Crippen LogP contribution in [0.15, 0.2) is 78.9 Å². The van der Waals surface area contributed by atoms with Gasteiger partial charge in [-0.2, -0.15) is 0 Å². The second kappa shape index (κ2) is 14.6. The summed E-state index contributed by atoms with van der Waals surface area (Å²) in [4.78, 5) is 25.7. The van der Waals surface area contributed by atoms with Crippen LogP contribution in [0.4, 0.5) is 5.69 Å². The number of rotatable bonds is 12. The fourth-order valence-corrected chi connectivity index (χ4v) is 3.87. The molecule has 3 aromatic carbocycles. The molecular weight excluding hydrogens is 470 g/mol. The Morgan fingerprint density at radius 2 is 1.50 bits per heavy atom. The van der Waals surface area contributed by atoms with Crippen molar-refractivity contribution in [3.63, 3.8) is 0 Å². The SMILES string of the molecule is CCCCCCOc1ccccc1C(=O)NC(=S)Nc1ccccc1C(=O)NCCc1ccccc1. The number of unbranched alkanes of at least 4 members (excludes halogenated alkanes) is 3. The first kappa shape index (κ1) is 26.9. The molecular formula is C29H33N3O3S. The lowest BCUT2D eigenvalue weighted by molar-refractivity contribution is 0.0952. The minimum atomic E-state index is -0.374. The maximum atomic E-state index is 12.9. The molecule has 0 saturated heterocycles. The molecule has 2 amide bonds. The van der Waals surface area contributed by atoms with Crippen molar-refractivity contribution in [1.82, 2.24) is 10.6 Å². The molecule has 188 valence electrons. The highest BCUT2D eigenvalue weighted by Crippen LogP contribution is 2.19. The molecule has 0 spiro atoms. The highest BCUT2D eigenvalue weighted by atomic mass is 32.1. The minimum absolute atomic E-state index is 0.0993. The van der Waals surface area contributed by atoms with E-state index in [0.29, 0.717) is 35.7 Å².